The number of halogens is 4. The molecule has 0 aliphatic heterocycles. The van der Waals surface area contributed by atoms with E-state index >= 15 is 0 Å². The van der Waals surface area contributed by atoms with Crippen molar-refractivity contribution in [1.29, 1.82) is 0 Å². The molecule has 0 aliphatic carbocycles. The minimum atomic E-state index is -3.16. The van der Waals surface area contributed by atoms with E-state index in [9.17, 15) is 8.42 Å². The van der Waals surface area contributed by atoms with Crippen molar-refractivity contribution in [3.05, 3.63) is 66.5 Å². The summed E-state index contributed by atoms with van der Waals surface area (Å²) in [6.07, 6.45) is 1.12. The smallest absolute Gasteiger partial charge is 0.209 e. The second-order valence-electron chi connectivity index (χ2n) is 4.85. The van der Waals surface area contributed by atoms with E-state index in [0.717, 1.165) is 31.4 Å². The maximum atomic E-state index is 10.8. The summed E-state index contributed by atoms with van der Waals surface area (Å²) in [7, 11) is -3.16. The second-order valence-corrected chi connectivity index (χ2v) is 9.39. The first-order valence-electron chi connectivity index (χ1n) is 6.63. The largest absolute Gasteiger partial charge is 0.326 e. The second kappa shape index (κ2) is 10.1. The van der Waals surface area contributed by atoms with Crippen LogP contribution in [0.1, 0.15) is 11.1 Å². The lowest BCUT2D eigenvalue weighted by molar-refractivity contribution is 0.587. The third-order valence-electron chi connectivity index (χ3n) is 2.62. The zero-order chi connectivity index (χ0) is 18.3. The van der Waals surface area contributed by atoms with Gasteiger partial charge in [-0.05, 0) is 47.5 Å². The summed E-state index contributed by atoms with van der Waals surface area (Å²) >= 11 is 18.1. The van der Waals surface area contributed by atoms with Gasteiger partial charge in [0.2, 0.25) is 10.0 Å². The first-order chi connectivity index (χ1) is 11.1. The summed E-state index contributed by atoms with van der Waals surface area (Å²) in [6.45, 7) is 0.775. The maximum absolute atomic E-state index is 10.8. The van der Waals surface area contributed by atoms with Crippen molar-refractivity contribution in [2.24, 2.45) is 5.73 Å². The van der Waals surface area contributed by atoms with E-state index in [1.54, 1.807) is 12.1 Å². The van der Waals surface area contributed by atoms with Crippen LogP contribution in [0.4, 0.5) is 0 Å². The van der Waals surface area contributed by atoms with Crippen LogP contribution < -0.4 is 10.5 Å². The number of hydrogen-bond acceptors (Lipinski definition) is 3. The molecule has 0 heterocycles. The van der Waals surface area contributed by atoms with Gasteiger partial charge in [0.25, 0.3) is 0 Å². The molecule has 0 bridgehead atoms. The third kappa shape index (κ3) is 9.36. The molecule has 2 rings (SSSR count). The number of hydrogen-bond donors (Lipinski definition) is 2. The summed E-state index contributed by atoms with van der Waals surface area (Å²) in [4.78, 5) is 0. The molecule has 4 nitrogen and oxygen atoms in total. The van der Waals surface area contributed by atoms with Crippen molar-refractivity contribution in [2.45, 2.75) is 13.1 Å². The summed E-state index contributed by atoms with van der Waals surface area (Å²) in [5.41, 5.74) is 7.26. The van der Waals surface area contributed by atoms with Crippen LogP contribution in [-0.4, -0.2) is 14.7 Å². The summed E-state index contributed by atoms with van der Waals surface area (Å²) in [5.74, 6) is 0. The van der Waals surface area contributed by atoms with Gasteiger partial charge in [0.05, 0.1) is 6.26 Å². The van der Waals surface area contributed by atoms with Gasteiger partial charge in [-0.2, -0.15) is 0 Å². The monoisotopic (exact) mass is 516 g/mol. The van der Waals surface area contributed by atoms with Crippen molar-refractivity contribution in [3.8, 4) is 0 Å². The number of nitrogens with two attached hydrogens (primary N) is 1. The van der Waals surface area contributed by atoms with E-state index in [2.05, 4.69) is 36.6 Å². The van der Waals surface area contributed by atoms with Crippen molar-refractivity contribution in [1.82, 2.24) is 4.72 Å². The third-order valence-corrected chi connectivity index (χ3v) is 4.64. The normalized spacial score (nSPS) is 10.9. The molecule has 132 valence electrons. The molecular weight excluding hydrogens is 503 g/mol. The van der Waals surface area contributed by atoms with Crippen molar-refractivity contribution in [3.63, 3.8) is 0 Å². The Hall–Kier alpha value is -0.150. The average molecular weight is 519 g/mol. The standard InChI is InChI=1S/C8H9BrClNO2S.C7H7BrClN/c1-14(12,13)11-5-6-2-7(9)4-8(10)3-6;8-6-1-5(4-10)2-7(9)3-6/h2-4,11H,5H2,1H3;1-3H,4,10H2. The van der Waals surface area contributed by atoms with E-state index in [1.807, 2.05) is 24.3 Å². The van der Waals surface area contributed by atoms with Gasteiger partial charge in [-0.25, -0.2) is 13.1 Å². The molecule has 0 saturated carbocycles. The molecule has 0 saturated heterocycles. The topological polar surface area (TPSA) is 72.2 Å². The van der Waals surface area contributed by atoms with Gasteiger partial charge in [0.1, 0.15) is 0 Å². The molecule has 0 aliphatic rings. The molecule has 0 unspecified atom stereocenters. The Morgan fingerprint density at radius 2 is 1.42 bits per heavy atom. The molecule has 0 aromatic heterocycles. The lowest BCUT2D eigenvalue weighted by Crippen LogP contribution is -2.21. The Bertz CT molecular complexity index is 762. The molecule has 0 atom stereocenters. The van der Waals surface area contributed by atoms with Crippen LogP contribution in [0.25, 0.3) is 0 Å². The first-order valence-corrected chi connectivity index (χ1v) is 10.9. The molecule has 0 amide bonds. The van der Waals surface area contributed by atoms with Gasteiger partial charge in [-0.3, -0.25) is 0 Å². The van der Waals surface area contributed by atoms with Gasteiger partial charge in [0, 0.05) is 32.1 Å². The predicted molar refractivity (Wildman–Crippen MR) is 108 cm³/mol. The lowest BCUT2D eigenvalue weighted by atomic mass is 10.2. The molecule has 3 N–H and O–H groups in total. The van der Waals surface area contributed by atoms with Crippen LogP contribution in [0.3, 0.4) is 0 Å². The zero-order valence-corrected chi connectivity index (χ0v) is 18.2. The quantitative estimate of drug-likeness (QED) is 0.615. The van der Waals surface area contributed by atoms with E-state index in [4.69, 9.17) is 28.9 Å². The van der Waals surface area contributed by atoms with E-state index in [1.165, 1.54) is 0 Å². The number of nitrogens with one attached hydrogen (secondary N) is 1. The molecule has 2 aromatic carbocycles. The van der Waals surface area contributed by atoms with Crippen LogP contribution >= 0.6 is 55.1 Å². The maximum Gasteiger partial charge on any atom is 0.209 e. The van der Waals surface area contributed by atoms with Gasteiger partial charge in [0.15, 0.2) is 0 Å². The number of sulfonamides is 1. The molecule has 0 fully saturated rings. The van der Waals surface area contributed by atoms with Crippen LogP contribution in [0.2, 0.25) is 10.0 Å². The molecule has 0 spiro atoms. The van der Waals surface area contributed by atoms with E-state index in [-0.39, 0.29) is 6.54 Å². The highest BCUT2D eigenvalue weighted by molar-refractivity contribution is 9.10. The van der Waals surface area contributed by atoms with Crippen molar-refractivity contribution < 1.29 is 8.42 Å². The Balaban J connectivity index is 0.000000254. The highest BCUT2D eigenvalue weighted by Crippen LogP contribution is 2.20. The minimum Gasteiger partial charge on any atom is -0.326 e. The van der Waals surface area contributed by atoms with Gasteiger partial charge < -0.3 is 5.73 Å². The molecule has 24 heavy (non-hydrogen) atoms. The Morgan fingerprint density at radius 3 is 1.83 bits per heavy atom. The summed E-state index contributed by atoms with van der Waals surface area (Å²) in [6, 6.07) is 10.9. The highest BCUT2D eigenvalue weighted by Gasteiger charge is 2.02. The Morgan fingerprint density at radius 1 is 0.958 bits per heavy atom. The van der Waals surface area contributed by atoms with E-state index in [0.29, 0.717) is 11.6 Å². The summed E-state index contributed by atoms with van der Waals surface area (Å²) < 4.78 is 25.8. The van der Waals surface area contributed by atoms with Gasteiger partial charge >= 0.3 is 0 Å². The highest BCUT2D eigenvalue weighted by atomic mass is 79.9. The number of benzene rings is 2. The number of rotatable bonds is 4. The fraction of sp³-hybridized carbons (Fsp3) is 0.200. The van der Waals surface area contributed by atoms with Crippen LogP contribution in [-0.2, 0) is 23.1 Å². The minimum absolute atomic E-state index is 0.248. The van der Waals surface area contributed by atoms with Crippen LogP contribution in [0.5, 0.6) is 0 Å². The van der Waals surface area contributed by atoms with Gasteiger partial charge in [-0.1, -0.05) is 55.1 Å². The SMILES string of the molecule is CS(=O)(=O)NCc1cc(Cl)cc(Br)c1.NCc1cc(Cl)cc(Br)c1. The Labute approximate surface area is 169 Å². The molecule has 9 heteroatoms. The van der Waals surface area contributed by atoms with Crippen molar-refractivity contribution in [2.75, 3.05) is 6.26 Å². The first kappa shape index (κ1) is 21.9. The van der Waals surface area contributed by atoms with Crippen LogP contribution in [0, 0.1) is 0 Å². The van der Waals surface area contributed by atoms with Gasteiger partial charge in [-0.15, -0.1) is 0 Å². The lowest BCUT2D eigenvalue weighted by Gasteiger charge is -2.03. The van der Waals surface area contributed by atoms with Crippen molar-refractivity contribution >= 4 is 65.1 Å². The fourth-order valence-corrected chi connectivity index (χ4v) is 3.95. The van der Waals surface area contributed by atoms with E-state index < -0.39 is 10.0 Å². The molecule has 0 radical (unpaired) electrons. The Kier molecular flexibility index (Phi) is 9.22. The zero-order valence-electron chi connectivity index (χ0n) is 12.7. The van der Waals surface area contributed by atoms with Crippen LogP contribution in [0.15, 0.2) is 45.3 Å². The average Bonchev–Trinajstić information content (AvgIpc) is 2.43. The fourth-order valence-electron chi connectivity index (χ4n) is 1.66. The summed E-state index contributed by atoms with van der Waals surface area (Å²) in [5, 5.41) is 1.29. The molecule has 2 aromatic rings. The molecular formula is C15H16Br2Cl2N2O2S. The predicted octanol–water partition coefficient (Wildman–Crippen LogP) is 4.71.